The van der Waals surface area contributed by atoms with Gasteiger partial charge in [-0.2, -0.15) is 20.4 Å². The van der Waals surface area contributed by atoms with Gasteiger partial charge in [0.25, 0.3) is 0 Å². The summed E-state index contributed by atoms with van der Waals surface area (Å²) in [6.45, 7) is 5.35. The van der Waals surface area contributed by atoms with Gasteiger partial charge in [0.05, 0.1) is 12.8 Å². The van der Waals surface area contributed by atoms with Crippen molar-refractivity contribution in [2.75, 3.05) is 6.61 Å². The van der Waals surface area contributed by atoms with Gasteiger partial charge in [0, 0.05) is 0 Å². The van der Waals surface area contributed by atoms with Gasteiger partial charge in [-0.25, -0.2) is 0 Å². The zero-order valence-corrected chi connectivity index (χ0v) is 10.3. The Morgan fingerprint density at radius 3 is 2.94 bits per heavy atom. The van der Waals surface area contributed by atoms with E-state index in [1.165, 1.54) is 6.20 Å². The summed E-state index contributed by atoms with van der Waals surface area (Å²) < 4.78 is 10.0. The van der Waals surface area contributed by atoms with Crippen LogP contribution in [0.1, 0.15) is 26.7 Å². The van der Waals surface area contributed by atoms with E-state index in [-0.39, 0.29) is 11.7 Å². The lowest BCUT2D eigenvalue weighted by Crippen LogP contribution is -2.31. The van der Waals surface area contributed by atoms with Gasteiger partial charge in [0.2, 0.25) is 11.7 Å². The molecule has 0 radical (unpaired) electrons. The minimum Gasteiger partial charge on any atom is -0.465 e. The van der Waals surface area contributed by atoms with Crippen LogP contribution in [-0.4, -0.2) is 38.1 Å². The lowest BCUT2D eigenvalue weighted by Gasteiger charge is -2.16. The molecule has 0 saturated heterocycles. The van der Waals surface area contributed by atoms with E-state index in [0.717, 1.165) is 0 Å². The number of carbonyl (C=O) groups is 1. The maximum atomic E-state index is 11.8. The largest absolute Gasteiger partial charge is 0.465 e. The zero-order chi connectivity index (χ0) is 13.2. The van der Waals surface area contributed by atoms with Crippen LogP contribution in [-0.2, 0) is 14.9 Å². The molecule has 2 aromatic rings. The minimum atomic E-state index is -0.995. The van der Waals surface area contributed by atoms with Crippen molar-refractivity contribution in [3.05, 3.63) is 12.1 Å². The molecule has 0 aromatic carbocycles. The summed E-state index contributed by atoms with van der Waals surface area (Å²) in [4.78, 5) is 15.9. The lowest BCUT2D eigenvalue weighted by atomic mass is 9.94. The van der Waals surface area contributed by atoms with Crippen molar-refractivity contribution >= 4 is 5.97 Å². The summed E-state index contributed by atoms with van der Waals surface area (Å²) in [6, 6.07) is 0. The molecular weight excluding hydrogens is 238 g/mol. The van der Waals surface area contributed by atoms with Crippen LogP contribution in [0.25, 0.3) is 11.5 Å². The fourth-order valence-corrected chi connectivity index (χ4v) is 1.29. The molecular formula is C10H13N5O3. The average molecular weight is 251 g/mol. The molecule has 0 atom stereocenters. The van der Waals surface area contributed by atoms with Gasteiger partial charge in [0.15, 0.2) is 5.69 Å². The summed E-state index contributed by atoms with van der Waals surface area (Å²) >= 11 is 0. The maximum Gasteiger partial charge on any atom is 0.321 e. The molecule has 0 aliphatic heterocycles. The van der Waals surface area contributed by atoms with Gasteiger partial charge < -0.3 is 9.26 Å². The summed E-state index contributed by atoms with van der Waals surface area (Å²) in [5.74, 6) is 0.0374. The Morgan fingerprint density at radius 1 is 1.56 bits per heavy atom. The number of ether oxygens (including phenoxy) is 1. The Bertz CT molecular complexity index is 531. The van der Waals surface area contributed by atoms with E-state index in [1.54, 1.807) is 20.8 Å². The highest BCUT2D eigenvalue weighted by atomic mass is 16.5. The number of esters is 1. The first-order chi connectivity index (χ1) is 8.55. The van der Waals surface area contributed by atoms with Crippen molar-refractivity contribution in [1.29, 1.82) is 0 Å². The van der Waals surface area contributed by atoms with E-state index < -0.39 is 11.4 Å². The van der Waals surface area contributed by atoms with Crippen molar-refractivity contribution < 1.29 is 14.1 Å². The molecule has 96 valence electrons. The van der Waals surface area contributed by atoms with E-state index in [1.807, 2.05) is 0 Å². The van der Waals surface area contributed by atoms with E-state index in [9.17, 15) is 4.79 Å². The fourth-order valence-electron chi connectivity index (χ4n) is 1.29. The summed E-state index contributed by atoms with van der Waals surface area (Å²) in [7, 11) is 0. The third-order valence-electron chi connectivity index (χ3n) is 2.39. The lowest BCUT2D eigenvalue weighted by molar-refractivity contribution is -0.149. The molecule has 0 bridgehead atoms. The Morgan fingerprint density at radius 2 is 2.33 bits per heavy atom. The molecule has 8 nitrogen and oxygen atoms in total. The highest BCUT2D eigenvalue weighted by Gasteiger charge is 2.37. The van der Waals surface area contributed by atoms with Crippen LogP contribution in [0.2, 0.25) is 0 Å². The zero-order valence-electron chi connectivity index (χ0n) is 10.3. The molecule has 0 amide bonds. The SMILES string of the molecule is CCOC(=O)C(C)(C)c1nc(-c2cn[nH]n2)no1. The normalized spacial score (nSPS) is 11.5. The topological polar surface area (TPSA) is 107 Å². The number of rotatable bonds is 4. The second kappa shape index (κ2) is 4.55. The van der Waals surface area contributed by atoms with Gasteiger partial charge >= 0.3 is 5.97 Å². The number of nitrogens with zero attached hydrogens (tertiary/aromatic N) is 4. The predicted octanol–water partition coefficient (Wildman–Crippen LogP) is 0.695. The molecule has 2 heterocycles. The number of carbonyl (C=O) groups excluding carboxylic acids is 1. The number of aromatic amines is 1. The van der Waals surface area contributed by atoms with Crippen molar-refractivity contribution in [3.8, 4) is 11.5 Å². The minimum absolute atomic E-state index is 0.180. The fraction of sp³-hybridized carbons (Fsp3) is 0.500. The van der Waals surface area contributed by atoms with Crippen LogP contribution in [0, 0.1) is 0 Å². The first-order valence-corrected chi connectivity index (χ1v) is 5.43. The van der Waals surface area contributed by atoms with Crippen molar-refractivity contribution in [2.24, 2.45) is 0 Å². The Balaban J connectivity index is 2.27. The molecule has 2 rings (SSSR count). The highest BCUT2D eigenvalue weighted by molar-refractivity contribution is 5.80. The molecule has 18 heavy (non-hydrogen) atoms. The summed E-state index contributed by atoms with van der Waals surface area (Å²) in [5, 5.41) is 13.7. The maximum absolute atomic E-state index is 11.8. The van der Waals surface area contributed by atoms with Crippen molar-refractivity contribution in [1.82, 2.24) is 25.6 Å². The first kappa shape index (κ1) is 12.2. The first-order valence-electron chi connectivity index (χ1n) is 5.43. The quantitative estimate of drug-likeness (QED) is 0.796. The Hall–Kier alpha value is -2.25. The molecule has 0 aliphatic carbocycles. The third-order valence-corrected chi connectivity index (χ3v) is 2.39. The number of aromatic nitrogens is 5. The molecule has 8 heteroatoms. The standard InChI is InChI=1S/C10H13N5O3/c1-4-17-9(16)10(2,3)8-12-7(14-18-8)6-5-11-15-13-6/h5H,4H2,1-3H3,(H,11,13,15). The molecule has 0 unspecified atom stereocenters. The highest BCUT2D eigenvalue weighted by Crippen LogP contribution is 2.25. The van der Waals surface area contributed by atoms with E-state index in [4.69, 9.17) is 9.26 Å². The number of nitrogens with one attached hydrogen (secondary N) is 1. The molecule has 1 N–H and O–H groups in total. The number of H-pyrrole nitrogens is 1. The van der Waals surface area contributed by atoms with Crippen LogP contribution < -0.4 is 0 Å². The third kappa shape index (κ3) is 2.08. The average Bonchev–Trinajstić information content (AvgIpc) is 3.00. The molecule has 2 aromatic heterocycles. The Kier molecular flexibility index (Phi) is 3.09. The molecule has 0 spiro atoms. The molecule has 0 fully saturated rings. The van der Waals surface area contributed by atoms with E-state index in [0.29, 0.717) is 12.3 Å². The van der Waals surface area contributed by atoms with Gasteiger partial charge in [-0.15, -0.1) is 0 Å². The second-order valence-corrected chi connectivity index (χ2v) is 4.12. The van der Waals surface area contributed by atoms with Crippen LogP contribution in [0.5, 0.6) is 0 Å². The van der Waals surface area contributed by atoms with Crippen molar-refractivity contribution in [2.45, 2.75) is 26.2 Å². The number of hydrogen-bond donors (Lipinski definition) is 1. The summed E-state index contributed by atoms with van der Waals surface area (Å²) in [6.07, 6.45) is 1.46. The van der Waals surface area contributed by atoms with E-state index in [2.05, 4.69) is 25.6 Å². The van der Waals surface area contributed by atoms with Crippen molar-refractivity contribution in [3.63, 3.8) is 0 Å². The molecule has 0 saturated carbocycles. The summed E-state index contributed by atoms with van der Waals surface area (Å²) in [5.41, 5.74) is -0.546. The predicted molar refractivity (Wildman–Crippen MR) is 59.3 cm³/mol. The Labute approximate surface area is 103 Å². The van der Waals surface area contributed by atoms with Crippen LogP contribution >= 0.6 is 0 Å². The second-order valence-electron chi connectivity index (χ2n) is 4.12. The van der Waals surface area contributed by atoms with Crippen LogP contribution in [0.15, 0.2) is 10.7 Å². The number of hydrogen-bond acceptors (Lipinski definition) is 7. The van der Waals surface area contributed by atoms with Gasteiger partial charge in [-0.3, -0.25) is 4.79 Å². The monoisotopic (exact) mass is 251 g/mol. The smallest absolute Gasteiger partial charge is 0.321 e. The van der Waals surface area contributed by atoms with Gasteiger partial charge in [0.1, 0.15) is 5.41 Å². The van der Waals surface area contributed by atoms with E-state index >= 15 is 0 Å². The van der Waals surface area contributed by atoms with Crippen LogP contribution in [0.3, 0.4) is 0 Å². The van der Waals surface area contributed by atoms with Gasteiger partial charge in [-0.05, 0) is 20.8 Å². The van der Waals surface area contributed by atoms with Gasteiger partial charge in [-0.1, -0.05) is 5.16 Å². The van der Waals surface area contributed by atoms with Crippen LogP contribution in [0.4, 0.5) is 0 Å². The molecule has 0 aliphatic rings.